The molecule has 0 spiro atoms. The third-order valence-corrected chi connectivity index (χ3v) is 6.65. The van der Waals surface area contributed by atoms with Crippen molar-refractivity contribution in [3.05, 3.63) is 54.4 Å². The summed E-state index contributed by atoms with van der Waals surface area (Å²) >= 11 is 0. The minimum Gasteiger partial charge on any atom is -0.356 e. The third-order valence-electron chi connectivity index (χ3n) is 6.65. The van der Waals surface area contributed by atoms with Crippen LogP contribution in [0.4, 0.5) is 0 Å². The van der Waals surface area contributed by atoms with Gasteiger partial charge < -0.3 is 10.2 Å². The van der Waals surface area contributed by atoms with Crippen LogP contribution in [-0.2, 0) is 16.0 Å². The summed E-state index contributed by atoms with van der Waals surface area (Å²) in [5.41, 5.74) is 2.81. The van der Waals surface area contributed by atoms with E-state index in [9.17, 15) is 9.59 Å². The number of nitrogens with one attached hydrogen (secondary N) is 1. The fourth-order valence-corrected chi connectivity index (χ4v) is 4.79. The number of carbonyl (C=O) groups is 2. The number of carbonyl (C=O) groups excluding carboxylic acids is 2. The van der Waals surface area contributed by atoms with Gasteiger partial charge in [0.2, 0.25) is 11.8 Å². The molecule has 30 heavy (non-hydrogen) atoms. The second kappa shape index (κ2) is 8.99. The predicted octanol–water partition coefficient (Wildman–Crippen LogP) is 3.84. The number of rotatable bonds is 6. The average molecular weight is 406 g/mol. The topological polar surface area (TPSA) is 62.3 Å². The van der Waals surface area contributed by atoms with Crippen molar-refractivity contribution in [3.8, 4) is 11.1 Å². The zero-order valence-electron chi connectivity index (χ0n) is 17.8. The first-order valence-corrected chi connectivity index (χ1v) is 11.2. The molecule has 1 N–H and O–H groups in total. The van der Waals surface area contributed by atoms with Gasteiger partial charge in [0.1, 0.15) is 0 Å². The molecule has 0 bridgehead atoms. The largest absolute Gasteiger partial charge is 0.356 e. The molecule has 0 radical (unpaired) electrons. The number of hydrogen-bond acceptors (Lipinski definition) is 3. The first kappa shape index (κ1) is 20.6. The Morgan fingerprint density at radius 1 is 1.13 bits per heavy atom. The van der Waals surface area contributed by atoms with E-state index in [1.807, 2.05) is 24.0 Å². The van der Waals surface area contributed by atoms with Gasteiger partial charge in [0.05, 0.1) is 5.41 Å². The Bertz CT molecular complexity index is 894. The summed E-state index contributed by atoms with van der Waals surface area (Å²) in [6, 6.07) is 12.4. The lowest BCUT2D eigenvalue weighted by Crippen LogP contribution is -2.55. The Kier molecular flexibility index (Phi) is 6.16. The zero-order valence-corrected chi connectivity index (χ0v) is 17.8. The monoisotopic (exact) mass is 405 g/mol. The van der Waals surface area contributed by atoms with Crippen LogP contribution in [-0.4, -0.2) is 41.3 Å². The highest BCUT2D eigenvalue weighted by molar-refractivity contribution is 5.85. The minimum absolute atomic E-state index is 0.0745. The van der Waals surface area contributed by atoms with Crippen molar-refractivity contribution in [3.63, 3.8) is 0 Å². The molecule has 4 rings (SSSR count). The molecule has 1 aliphatic carbocycles. The van der Waals surface area contributed by atoms with Crippen LogP contribution in [0.15, 0.2) is 48.8 Å². The SMILES string of the molecule is CCNC(=O)C1(Cc2cccc(-c3ccncc3)c2)CCCN(C(=O)C2CCC2)C1. The highest BCUT2D eigenvalue weighted by Gasteiger charge is 2.44. The Labute approximate surface area is 178 Å². The molecule has 2 fully saturated rings. The van der Waals surface area contributed by atoms with Crippen molar-refractivity contribution >= 4 is 11.8 Å². The lowest BCUT2D eigenvalue weighted by molar-refractivity contribution is -0.146. The number of aromatic nitrogens is 1. The van der Waals surface area contributed by atoms with Gasteiger partial charge in [-0.1, -0.05) is 30.7 Å². The van der Waals surface area contributed by atoms with Gasteiger partial charge in [-0.05, 0) is 67.9 Å². The molecule has 2 amide bonds. The molecule has 2 heterocycles. The summed E-state index contributed by atoms with van der Waals surface area (Å²) < 4.78 is 0. The van der Waals surface area contributed by atoms with Gasteiger partial charge in [0.15, 0.2) is 0 Å². The molecule has 1 atom stereocenters. The number of hydrogen-bond donors (Lipinski definition) is 1. The van der Waals surface area contributed by atoms with Crippen molar-refractivity contribution in [2.75, 3.05) is 19.6 Å². The fraction of sp³-hybridized carbons (Fsp3) is 0.480. The molecule has 5 nitrogen and oxygen atoms in total. The number of nitrogens with zero attached hydrogens (tertiary/aromatic N) is 2. The number of amides is 2. The maximum Gasteiger partial charge on any atom is 0.228 e. The molecule has 1 aliphatic heterocycles. The molecule has 1 unspecified atom stereocenters. The van der Waals surface area contributed by atoms with E-state index < -0.39 is 5.41 Å². The van der Waals surface area contributed by atoms with Crippen molar-refractivity contribution in [1.29, 1.82) is 0 Å². The Morgan fingerprint density at radius 3 is 2.63 bits per heavy atom. The molecule has 2 aliphatic rings. The van der Waals surface area contributed by atoms with E-state index >= 15 is 0 Å². The van der Waals surface area contributed by atoms with Crippen LogP contribution in [0.1, 0.15) is 44.6 Å². The van der Waals surface area contributed by atoms with Gasteiger partial charge in [-0.25, -0.2) is 0 Å². The highest BCUT2D eigenvalue weighted by Crippen LogP contribution is 2.37. The van der Waals surface area contributed by atoms with Crippen molar-refractivity contribution < 1.29 is 9.59 Å². The van der Waals surface area contributed by atoms with Gasteiger partial charge in [-0.15, -0.1) is 0 Å². The predicted molar refractivity (Wildman–Crippen MR) is 118 cm³/mol. The Morgan fingerprint density at radius 2 is 1.93 bits per heavy atom. The van der Waals surface area contributed by atoms with Crippen molar-refractivity contribution in [2.45, 2.75) is 45.4 Å². The average Bonchev–Trinajstić information content (AvgIpc) is 2.74. The highest BCUT2D eigenvalue weighted by atomic mass is 16.2. The number of pyridine rings is 1. The first-order chi connectivity index (χ1) is 14.6. The number of benzene rings is 1. The van der Waals surface area contributed by atoms with E-state index in [-0.39, 0.29) is 17.7 Å². The maximum absolute atomic E-state index is 13.2. The molecule has 5 heteroatoms. The van der Waals surface area contributed by atoms with E-state index in [0.717, 1.165) is 55.3 Å². The summed E-state index contributed by atoms with van der Waals surface area (Å²) in [5, 5.41) is 3.05. The summed E-state index contributed by atoms with van der Waals surface area (Å²) in [7, 11) is 0. The van der Waals surface area contributed by atoms with Gasteiger partial charge in [-0.3, -0.25) is 14.6 Å². The second-order valence-corrected chi connectivity index (χ2v) is 8.74. The van der Waals surface area contributed by atoms with E-state index in [0.29, 0.717) is 19.5 Å². The van der Waals surface area contributed by atoms with E-state index in [2.05, 4.69) is 34.6 Å². The smallest absolute Gasteiger partial charge is 0.228 e. The Hall–Kier alpha value is -2.69. The summed E-state index contributed by atoms with van der Waals surface area (Å²) in [5.74, 6) is 0.496. The van der Waals surface area contributed by atoms with Crippen LogP contribution in [0.25, 0.3) is 11.1 Å². The Balaban J connectivity index is 1.59. The molecule has 2 aromatic rings. The van der Waals surface area contributed by atoms with Crippen LogP contribution in [0.2, 0.25) is 0 Å². The van der Waals surface area contributed by atoms with E-state index in [4.69, 9.17) is 0 Å². The van der Waals surface area contributed by atoms with Crippen LogP contribution in [0, 0.1) is 11.3 Å². The molecule has 1 saturated carbocycles. The van der Waals surface area contributed by atoms with Crippen molar-refractivity contribution in [1.82, 2.24) is 15.2 Å². The molecule has 1 aromatic carbocycles. The molecular formula is C25H31N3O2. The summed E-state index contributed by atoms with van der Waals surface area (Å²) in [6.07, 6.45) is 9.06. The fourth-order valence-electron chi connectivity index (χ4n) is 4.79. The molecule has 1 aromatic heterocycles. The quantitative estimate of drug-likeness (QED) is 0.794. The van der Waals surface area contributed by atoms with E-state index in [1.165, 1.54) is 0 Å². The van der Waals surface area contributed by atoms with Crippen LogP contribution in [0.3, 0.4) is 0 Å². The lowest BCUT2D eigenvalue weighted by Gasteiger charge is -2.43. The minimum atomic E-state index is -0.565. The van der Waals surface area contributed by atoms with Crippen LogP contribution in [0.5, 0.6) is 0 Å². The maximum atomic E-state index is 13.2. The summed E-state index contributed by atoms with van der Waals surface area (Å²) in [6.45, 7) is 3.85. The van der Waals surface area contributed by atoms with Gasteiger partial charge in [-0.2, -0.15) is 0 Å². The summed E-state index contributed by atoms with van der Waals surface area (Å²) in [4.78, 5) is 32.2. The van der Waals surface area contributed by atoms with Crippen LogP contribution >= 0.6 is 0 Å². The first-order valence-electron chi connectivity index (χ1n) is 11.2. The molecule has 1 saturated heterocycles. The lowest BCUT2D eigenvalue weighted by atomic mass is 9.73. The molecular weight excluding hydrogens is 374 g/mol. The zero-order chi connectivity index (χ0) is 21.0. The standard InChI is InChI=1S/C25H31N3O2/c1-2-27-24(30)25(12-5-15-28(18-25)23(29)21-7-4-8-21)17-19-6-3-9-22(16-19)20-10-13-26-14-11-20/h3,6,9-11,13-14,16,21H,2,4-5,7-8,12,15,17-18H2,1H3,(H,27,30). The van der Waals surface area contributed by atoms with Gasteiger partial charge >= 0.3 is 0 Å². The van der Waals surface area contributed by atoms with Crippen LogP contribution < -0.4 is 5.32 Å². The molecule has 158 valence electrons. The van der Waals surface area contributed by atoms with Gasteiger partial charge in [0.25, 0.3) is 0 Å². The van der Waals surface area contributed by atoms with E-state index in [1.54, 1.807) is 12.4 Å². The third kappa shape index (κ3) is 4.25. The van der Waals surface area contributed by atoms with Crippen molar-refractivity contribution in [2.24, 2.45) is 11.3 Å². The number of piperidine rings is 1. The second-order valence-electron chi connectivity index (χ2n) is 8.74. The normalized spacial score (nSPS) is 21.7. The number of likely N-dealkylation sites (tertiary alicyclic amines) is 1. The van der Waals surface area contributed by atoms with Gasteiger partial charge in [0, 0.05) is 37.9 Å².